The van der Waals surface area contributed by atoms with Gasteiger partial charge in [0, 0.05) is 0 Å². The van der Waals surface area contributed by atoms with Crippen molar-refractivity contribution in [1.82, 2.24) is 0 Å². The van der Waals surface area contributed by atoms with Crippen LogP contribution in [0.1, 0.15) is 13.3 Å². The zero-order chi connectivity index (χ0) is 7.28. The molecule has 9 heavy (non-hydrogen) atoms. The minimum absolute atomic E-state index is 0.218. The lowest BCUT2D eigenvalue weighted by Crippen LogP contribution is -2.09. The van der Waals surface area contributed by atoms with Crippen molar-refractivity contribution < 1.29 is 15.0 Å². The Kier molecular flexibility index (Phi) is 3.71. The minimum Gasteiger partial charge on any atom is -0.481 e. The average Bonchev–Trinajstić information content (AvgIpc) is 1.63. The fourth-order valence-electron chi connectivity index (χ4n) is 0.469. The molecule has 0 aliphatic heterocycles. The second-order valence-corrected chi connectivity index (χ2v) is 1.69. The monoisotopic (exact) mass is 130 g/mol. The van der Waals surface area contributed by atoms with Crippen molar-refractivity contribution in [3.8, 4) is 0 Å². The summed E-state index contributed by atoms with van der Waals surface area (Å²) in [6, 6.07) is 0. The molecule has 0 unspecified atom stereocenters. The fourth-order valence-corrected chi connectivity index (χ4v) is 0.469. The van der Waals surface area contributed by atoms with E-state index in [1.165, 1.54) is 6.08 Å². The first-order chi connectivity index (χ1) is 4.16. The quantitative estimate of drug-likeness (QED) is 0.543. The molecular weight excluding hydrogens is 120 g/mol. The Bertz CT molecular complexity index is 117. The molecular formula is C6H10O3. The molecule has 0 aromatic heterocycles. The van der Waals surface area contributed by atoms with Crippen molar-refractivity contribution in [3.63, 3.8) is 0 Å². The maximum absolute atomic E-state index is 9.89. The summed E-state index contributed by atoms with van der Waals surface area (Å²) in [5.74, 6) is -0.986. The molecule has 0 aromatic carbocycles. The SMILES string of the molecule is CC=C[C@H](O)CC(=O)O. The van der Waals surface area contributed by atoms with Gasteiger partial charge in [-0.15, -0.1) is 0 Å². The van der Waals surface area contributed by atoms with Crippen LogP contribution in [0.3, 0.4) is 0 Å². The van der Waals surface area contributed by atoms with Crippen LogP contribution < -0.4 is 0 Å². The summed E-state index contributed by atoms with van der Waals surface area (Å²) < 4.78 is 0. The summed E-state index contributed by atoms with van der Waals surface area (Å²) in [4.78, 5) is 9.89. The standard InChI is InChI=1S/C6H10O3/c1-2-3-5(7)4-6(8)9/h2-3,5,7H,4H2,1H3,(H,8,9)/t5-/m0/s1. The maximum Gasteiger partial charge on any atom is 0.306 e. The lowest BCUT2D eigenvalue weighted by Gasteiger charge is -1.97. The first-order valence-corrected chi connectivity index (χ1v) is 2.69. The Morgan fingerprint density at radius 3 is 2.67 bits per heavy atom. The number of hydrogen-bond donors (Lipinski definition) is 2. The van der Waals surface area contributed by atoms with Gasteiger partial charge in [-0.2, -0.15) is 0 Å². The van der Waals surface area contributed by atoms with Crippen LogP contribution >= 0.6 is 0 Å². The van der Waals surface area contributed by atoms with E-state index in [9.17, 15) is 4.79 Å². The van der Waals surface area contributed by atoms with Gasteiger partial charge >= 0.3 is 5.97 Å². The molecule has 0 saturated carbocycles. The highest BCUT2D eigenvalue weighted by atomic mass is 16.4. The Morgan fingerprint density at radius 2 is 2.33 bits per heavy atom. The fraction of sp³-hybridized carbons (Fsp3) is 0.500. The van der Waals surface area contributed by atoms with Crippen molar-refractivity contribution in [2.24, 2.45) is 0 Å². The van der Waals surface area contributed by atoms with Crippen LogP contribution in [0.2, 0.25) is 0 Å². The molecule has 2 N–H and O–H groups in total. The molecule has 0 aliphatic rings. The maximum atomic E-state index is 9.89. The molecule has 0 bridgehead atoms. The highest BCUT2D eigenvalue weighted by Gasteiger charge is 2.03. The van der Waals surface area contributed by atoms with Gasteiger partial charge in [-0.05, 0) is 6.92 Å². The summed E-state index contributed by atoms with van der Waals surface area (Å²) in [5, 5.41) is 16.9. The molecule has 0 radical (unpaired) electrons. The normalized spacial score (nSPS) is 14.0. The van der Waals surface area contributed by atoms with E-state index in [1.807, 2.05) is 0 Å². The first-order valence-electron chi connectivity index (χ1n) is 2.69. The van der Waals surface area contributed by atoms with Crippen molar-refractivity contribution in [2.45, 2.75) is 19.4 Å². The topological polar surface area (TPSA) is 57.5 Å². The van der Waals surface area contributed by atoms with Gasteiger partial charge in [0.15, 0.2) is 0 Å². The van der Waals surface area contributed by atoms with Gasteiger partial charge < -0.3 is 10.2 Å². The number of allylic oxidation sites excluding steroid dienone is 1. The van der Waals surface area contributed by atoms with Crippen LogP contribution in [0, 0.1) is 0 Å². The molecule has 0 aromatic rings. The van der Waals surface area contributed by atoms with Crippen LogP contribution in [0.5, 0.6) is 0 Å². The molecule has 0 aliphatic carbocycles. The molecule has 1 atom stereocenters. The van der Waals surface area contributed by atoms with Crippen molar-refractivity contribution in [2.75, 3.05) is 0 Å². The second kappa shape index (κ2) is 4.09. The van der Waals surface area contributed by atoms with E-state index in [1.54, 1.807) is 13.0 Å². The third kappa shape index (κ3) is 5.03. The number of hydrogen-bond acceptors (Lipinski definition) is 2. The Labute approximate surface area is 53.6 Å². The Balaban J connectivity index is 3.50. The summed E-state index contributed by atoms with van der Waals surface area (Å²) in [7, 11) is 0. The van der Waals surface area contributed by atoms with Crippen molar-refractivity contribution in [3.05, 3.63) is 12.2 Å². The predicted molar refractivity (Wildman–Crippen MR) is 33.1 cm³/mol. The molecule has 3 nitrogen and oxygen atoms in total. The van der Waals surface area contributed by atoms with Crippen molar-refractivity contribution in [1.29, 1.82) is 0 Å². The van der Waals surface area contributed by atoms with E-state index in [4.69, 9.17) is 10.2 Å². The lowest BCUT2D eigenvalue weighted by atomic mass is 10.2. The number of carbonyl (C=O) groups is 1. The number of carboxylic acid groups (broad SMARTS) is 1. The smallest absolute Gasteiger partial charge is 0.306 e. The van der Waals surface area contributed by atoms with E-state index >= 15 is 0 Å². The Hall–Kier alpha value is -0.830. The van der Waals surface area contributed by atoms with Crippen LogP contribution in [-0.4, -0.2) is 22.3 Å². The molecule has 0 heterocycles. The highest BCUT2D eigenvalue weighted by Crippen LogP contribution is 1.91. The Morgan fingerprint density at radius 1 is 1.78 bits per heavy atom. The van der Waals surface area contributed by atoms with Crippen LogP contribution in [0.15, 0.2) is 12.2 Å². The predicted octanol–water partition coefficient (Wildman–Crippen LogP) is 0.398. The van der Waals surface area contributed by atoms with E-state index in [-0.39, 0.29) is 6.42 Å². The van der Waals surface area contributed by atoms with E-state index in [0.717, 1.165) is 0 Å². The first kappa shape index (κ1) is 8.17. The van der Waals surface area contributed by atoms with Gasteiger partial charge in [0.25, 0.3) is 0 Å². The molecule has 0 fully saturated rings. The molecule has 52 valence electrons. The average molecular weight is 130 g/mol. The largest absolute Gasteiger partial charge is 0.481 e. The zero-order valence-electron chi connectivity index (χ0n) is 5.24. The van der Waals surface area contributed by atoms with Gasteiger partial charge in [-0.25, -0.2) is 0 Å². The summed E-state index contributed by atoms with van der Waals surface area (Å²) in [6.07, 6.45) is 2.00. The van der Waals surface area contributed by atoms with E-state index in [2.05, 4.69) is 0 Å². The molecule has 0 rings (SSSR count). The molecule has 0 spiro atoms. The third-order valence-corrected chi connectivity index (χ3v) is 0.798. The van der Waals surface area contributed by atoms with E-state index in [0.29, 0.717) is 0 Å². The summed E-state index contributed by atoms with van der Waals surface area (Å²) in [5.41, 5.74) is 0. The third-order valence-electron chi connectivity index (χ3n) is 0.798. The molecule has 3 heteroatoms. The number of aliphatic hydroxyl groups excluding tert-OH is 1. The summed E-state index contributed by atoms with van der Waals surface area (Å²) in [6.45, 7) is 1.73. The van der Waals surface area contributed by atoms with Crippen molar-refractivity contribution >= 4 is 5.97 Å². The molecule has 0 amide bonds. The minimum atomic E-state index is -0.986. The number of carboxylic acids is 1. The second-order valence-electron chi connectivity index (χ2n) is 1.69. The van der Waals surface area contributed by atoms with Crippen LogP contribution in [-0.2, 0) is 4.79 Å². The number of aliphatic carboxylic acids is 1. The van der Waals surface area contributed by atoms with Crippen LogP contribution in [0.25, 0.3) is 0 Å². The summed E-state index contributed by atoms with van der Waals surface area (Å²) >= 11 is 0. The van der Waals surface area contributed by atoms with Gasteiger partial charge in [0.05, 0.1) is 12.5 Å². The zero-order valence-corrected chi connectivity index (χ0v) is 5.24. The highest BCUT2D eigenvalue weighted by molar-refractivity contribution is 5.67. The number of aliphatic hydroxyl groups is 1. The number of rotatable bonds is 3. The van der Waals surface area contributed by atoms with Gasteiger partial charge in [0.2, 0.25) is 0 Å². The molecule has 0 saturated heterocycles. The van der Waals surface area contributed by atoms with Gasteiger partial charge in [-0.3, -0.25) is 4.79 Å². The van der Waals surface area contributed by atoms with Gasteiger partial charge in [0.1, 0.15) is 0 Å². The lowest BCUT2D eigenvalue weighted by molar-refractivity contribution is -0.138. The van der Waals surface area contributed by atoms with E-state index < -0.39 is 12.1 Å². The van der Waals surface area contributed by atoms with Crippen LogP contribution in [0.4, 0.5) is 0 Å². The van der Waals surface area contributed by atoms with Gasteiger partial charge in [-0.1, -0.05) is 12.2 Å².